The van der Waals surface area contributed by atoms with Crippen molar-refractivity contribution >= 4 is 5.91 Å². The van der Waals surface area contributed by atoms with Crippen molar-refractivity contribution in [2.45, 2.75) is 39.8 Å². The Kier molecular flexibility index (Phi) is 4.91. The third-order valence-electron chi connectivity index (χ3n) is 3.45. The van der Waals surface area contributed by atoms with E-state index < -0.39 is 5.54 Å². The lowest BCUT2D eigenvalue weighted by Gasteiger charge is -2.31. The zero-order valence-electron chi connectivity index (χ0n) is 12.1. The number of nitrogens with zero attached hydrogens (tertiary/aromatic N) is 1. The van der Waals surface area contributed by atoms with Crippen LogP contribution >= 0.6 is 0 Å². The summed E-state index contributed by atoms with van der Waals surface area (Å²) in [5.41, 5.74) is 1.92. The summed E-state index contributed by atoms with van der Waals surface area (Å²) in [5.74, 6) is 0.135. The Balaban J connectivity index is 2.86. The van der Waals surface area contributed by atoms with Crippen molar-refractivity contribution in [3.63, 3.8) is 0 Å². The molecule has 3 nitrogen and oxygen atoms in total. The van der Waals surface area contributed by atoms with Crippen LogP contribution in [0.15, 0.2) is 24.3 Å². The van der Waals surface area contributed by atoms with Crippen LogP contribution in [-0.4, -0.2) is 29.9 Å². The summed E-state index contributed by atoms with van der Waals surface area (Å²) in [6.07, 6.45) is 0. The van der Waals surface area contributed by atoms with Crippen LogP contribution in [0, 0.1) is 6.92 Å². The smallest absolute Gasteiger partial charge is 0.242 e. The molecule has 0 atom stereocenters. The number of aryl methyl sites for hydroxylation is 1. The molecule has 0 bridgehead atoms. The highest BCUT2D eigenvalue weighted by Crippen LogP contribution is 2.14. The zero-order chi connectivity index (χ0) is 13.8. The summed E-state index contributed by atoms with van der Waals surface area (Å²) in [6.45, 7) is 9.32. The number of likely N-dealkylation sites (N-methyl/N-ethyl adjacent to an activating group) is 2. The molecule has 0 radical (unpaired) electrons. The van der Waals surface area contributed by atoms with Crippen LogP contribution in [0.4, 0.5) is 0 Å². The summed E-state index contributed by atoms with van der Waals surface area (Å²) in [6, 6.07) is 8.20. The van der Waals surface area contributed by atoms with Crippen LogP contribution < -0.4 is 5.32 Å². The van der Waals surface area contributed by atoms with E-state index in [1.54, 1.807) is 0 Å². The Morgan fingerprint density at radius 3 is 2.44 bits per heavy atom. The second-order valence-electron chi connectivity index (χ2n) is 5.12. The van der Waals surface area contributed by atoms with Gasteiger partial charge in [-0.1, -0.05) is 24.3 Å². The van der Waals surface area contributed by atoms with Gasteiger partial charge in [-0.3, -0.25) is 4.79 Å². The Morgan fingerprint density at radius 2 is 1.94 bits per heavy atom. The molecule has 1 amide bonds. The zero-order valence-corrected chi connectivity index (χ0v) is 12.1. The van der Waals surface area contributed by atoms with Gasteiger partial charge in [0.2, 0.25) is 5.91 Å². The Morgan fingerprint density at radius 1 is 1.33 bits per heavy atom. The summed E-state index contributed by atoms with van der Waals surface area (Å²) in [7, 11) is 1.82. The number of nitrogens with one attached hydrogen (secondary N) is 1. The van der Waals surface area contributed by atoms with Crippen LogP contribution in [-0.2, 0) is 11.3 Å². The predicted octanol–water partition coefficient (Wildman–Crippen LogP) is 2.34. The molecule has 0 aliphatic carbocycles. The molecule has 0 spiro atoms. The number of rotatable bonds is 5. The van der Waals surface area contributed by atoms with Gasteiger partial charge in [-0.25, -0.2) is 0 Å². The van der Waals surface area contributed by atoms with Gasteiger partial charge in [0.05, 0.1) is 5.54 Å². The third-order valence-corrected chi connectivity index (χ3v) is 3.45. The van der Waals surface area contributed by atoms with E-state index in [1.165, 1.54) is 11.1 Å². The first-order chi connectivity index (χ1) is 8.42. The van der Waals surface area contributed by atoms with Crippen LogP contribution in [0.25, 0.3) is 0 Å². The number of carbonyl (C=O) groups excluding carboxylic acids is 1. The second kappa shape index (κ2) is 6.01. The summed E-state index contributed by atoms with van der Waals surface area (Å²) < 4.78 is 0. The average Bonchev–Trinajstić information content (AvgIpc) is 2.37. The molecule has 0 saturated carbocycles. The van der Waals surface area contributed by atoms with Gasteiger partial charge in [0.1, 0.15) is 0 Å². The molecule has 1 aromatic carbocycles. The quantitative estimate of drug-likeness (QED) is 0.867. The van der Waals surface area contributed by atoms with Crippen LogP contribution in [0.1, 0.15) is 31.9 Å². The van der Waals surface area contributed by atoms with Crippen molar-refractivity contribution in [3.8, 4) is 0 Å². The van der Waals surface area contributed by atoms with Crippen LogP contribution in [0.2, 0.25) is 0 Å². The van der Waals surface area contributed by atoms with E-state index in [0.717, 1.165) is 6.54 Å². The molecule has 1 N–H and O–H groups in total. The Bertz CT molecular complexity index is 413. The highest BCUT2D eigenvalue weighted by molar-refractivity contribution is 5.85. The van der Waals surface area contributed by atoms with E-state index in [0.29, 0.717) is 6.54 Å². The summed E-state index contributed by atoms with van der Waals surface area (Å²) in [5, 5.41) is 3.07. The predicted molar refractivity (Wildman–Crippen MR) is 75.4 cm³/mol. The lowest BCUT2D eigenvalue weighted by Crippen LogP contribution is -2.52. The minimum Gasteiger partial charge on any atom is -0.337 e. The first-order valence-corrected chi connectivity index (χ1v) is 6.45. The van der Waals surface area contributed by atoms with Crippen molar-refractivity contribution in [1.82, 2.24) is 10.2 Å². The maximum atomic E-state index is 12.4. The number of benzene rings is 1. The van der Waals surface area contributed by atoms with Crippen molar-refractivity contribution in [2.75, 3.05) is 13.6 Å². The van der Waals surface area contributed by atoms with Gasteiger partial charge in [-0.2, -0.15) is 0 Å². The molecular weight excluding hydrogens is 224 g/mol. The molecular formula is C15H24N2O. The van der Waals surface area contributed by atoms with Crippen LogP contribution in [0.3, 0.4) is 0 Å². The number of carbonyl (C=O) groups is 1. The molecule has 100 valence electrons. The van der Waals surface area contributed by atoms with Crippen LogP contribution in [0.5, 0.6) is 0 Å². The molecule has 0 saturated heterocycles. The third kappa shape index (κ3) is 3.33. The fourth-order valence-electron chi connectivity index (χ4n) is 1.82. The van der Waals surface area contributed by atoms with Gasteiger partial charge in [0, 0.05) is 13.1 Å². The maximum Gasteiger partial charge on any atom is 0.242 e. The number of amides is 1. The van der Waals surface area contributed by atoms with Crippen molar-refractivity contribution < 1.29 is 4.79 Å². The molecule has 1 rings (SSSR count). The molecule has 0 aliphatic heterocycles. The topological polar surface area (TPSA) is 32.3 Å². The molecule has 18 heavy (non-hydrogen) atoms. The van der Waals surface area contributed by atoms with Crippen molar-refractivity contribution in [3.05, 3.63) is 35.4 Å². The molecule has 0 aliphatic rings. The molecule has 0 fully saturated rings. The molecule has 0 aromatic heterocycles. The summed E-state index contributed by atoms with van der Waals surface area (Å²) in [4.78, 5) is 14.3. The normalized spacial score (nSPS) is 11.4. The van der Waals surface area contributed by atoms with E-state index in [9.17, 15) is 4.79 Å². The number of hydrogen-bond donors (Lipinski definition) is 1. The Hall–Kier alpha value is -1.35. The monoisotopic (exact) mass is 248 g/mol. The standard InChI is InChI=1S/C15H24N2O/c1-6-17(14(18)15(3,4)16-5)11-13-10-8-7-9-12(13)2/h7-10,16H,6,11H2,1-5H3. The van der Waals surface area contributed by atoms with Crippen molar-refractivity contribution in [1.29, 1.82) is 0 Å². The lowest BCUT2D eigenvalue weighted by molar-refractivity contribution is -0.137. The highest BCUT2D eigenvalue weighted by atomic mass is 16.2. The van der Waals surface area contributed by atoms with E-state index in [4.69, 9.17) is 0 Å². The minimum atomic E-state index is -0.515. The van der Waals surface area contributed by atoms with Gasteiger partial charge in [0.25, 0.3) is 0 Å². The lowest BCUT2D eigenvalue weighted by atomic mass is 10.0. The summed E-state index contributed by atoms with van der Waals surface area (Å²) >= 11 is 0. The first-order valence-electron chi connectivity index (χ1n) is 6.45. The average molecular weight is 248 g/mol. The van der Waals surface area contributed by atoms with E-state index >= 15 is 0 Å². The van der Waals surface area contributed by atoms with E-state index in [-0.39, 0.29) is 5.91 Å². The SMILES string of the molecule is CCN(Cc1ccccc1C)C(=O)C(C)(C)NC. The molecule has 1 aromatic rings. The fraction of sp³-hybridized carbons (Fsp3) is 0.533. The van der Waals surface area contributed by atoms with Gasteiger partial charge in [-0.15, -0.1) is 0 Å². The van der Waals surface area contributed by atoms with E-state index in [2.05, 4.69) is 24.4 Å². The highest BCUT2D eigenvalue weighted by Gasteiger charge is 2.29. The maximum absolute atomic E-state index is 12.4. The van der Waals surface area contributed by atoms with E-state index in [1.807, 2.05) is 44.9 Å². The first kappa shape index (κ1) is 14.7. The minimum absolute atomic E-state index is 0.135. The fourth-order valence-corrected chi connectivity index (χ4v) is 1.82. The van der Waals surface area contributed by atoms with Gasteiger partial charge in [0.15, 0.2) is 0 Å². The van der Waals surface area contributed by atoms with Gasteiger partial charge < -0.3 is 10.2 Å². The molecule has 0 unspecified atom stereocenters. The largest absolute Gasteiger partial charge is 0.337 e. The van der Waals surface area contributed by atoms with Gasteiger partial charge in [-0.05, 0) is 45.9 Å². The van der Waals surface area contributed by atoms with Gasteiger partial charge >= 0.3 is 0 Å². The Labute approximate surface area is 110 Å². The number of hydrogen-bond acceptors (Lipinski definition) is 2. The van der Waals surface area contributed by atoms with Crippen molar-refractivity contribution in [2.24, 2.45) is 0 Å². The second-order valence-corrected chi connectivity index (χ2v) is 5.12. The molecule has 0 heterocycles. The molecule has 3 heteroatoms.